The second-order valence-electron chi connectivity index (χ2n) is 4.39. The van der Waals surface area contributed by atoms with E-state index in [0.29, 0.717) is 0 Å². The van der Waals surface area contributed by atoms with Crippen molar-refractivity contribution in [2.45, 2.75) is 25.4 Å². The Bertz CT molecular complexity index is 220. The van der Waals surface area contributed by atoms with Crippen molar-refractivity contribution in [3.8, 4) is 0 Å². The molecule has 0 unspecified atom stereocenters. The molecule has 16 heavy (non-hydrogen) atoms. The van der Waals surface area contributed by atoms with E-state index < -0.39 is 0 Å². The maximum atomic E-state index is 11.4. The van der Waals surface area contributed by atoms with Gasteiger partial charge in [0, 0.05) is 19.6 Å². The van der Waals surface area contributed by atoms with E-state index >= 15 is 0 Å². The highest BCUT2D eigenvalue weighted by Crippen LogP contribution is 2.14. The van der Waals surface area contributed by atoms with Gasteiger partial charge in [-0.3, -0.25) is 4.79 Å². The van der Waals surface area contributed by atoms with Gasteiger partial charge in [0.25, 0.3) is 0 Å². The standard InChI is InChI=1S/C11H22N2O2S/c1-11(8-12-9-11)15-7-10(14)13-5-3-4-6-16-2/h12H,3-9H2,1-2H3,(H,13,14). The van der Waals surface area contributed by atoms with Crippen LogP contribution in [0.4, 0.5) is 0 Å². The maximum Gasteiger partial charge on any atom is 0.246 e. The summed E-state index contributed by atoms with van der Waals surface area (Å²) in [6.45, 7) is 4.65. The second-order valence-corrected chi connectivity index (χ2v) is 5.38. The summed E-state index contributed by atoms with van der Waals surface area (Å²) >= 11 is 1.84. The van der Waals surface area contributed by atoms with Gasteiger partial charge in [0.15, 0.2) is 0 Å². The number of rotatable bonds is 8. The molecule has 0 radical (unpaired) electrons. The number of thioether (sulfide) groups is 1. The fraction of sp³-hybridized carbons (Fsp3) is 0.909. The zero-order chi connectivity index (χ0) is 11.9. The van der Waals surface area contributed by atoms with E-state index in [1.807, 2.05) is 18.7 Å². The average molecular weight is 246 g/mol. The van der Waals surface area contributed by atoms with Crippen molar-refractivity contribution in [2.24, 2.45) is 0 Å². The number of carbonyl (C=O) groups excluding carboxylic acids is 1. The minimum atomic E-state index is -0.129. The molecule has 0 spiro atoms. The zero-order valence-electron chi connectivity index (χ0n) is 10.2. The Kier molecular flexibility index (Phi) is 6.16. The van der Waals surface area contributed by atoms with Gasteiger partial charge in [0.2, 0.25) is 5.91 Å². The third-order valence-corrected chi connectivity index (χ3v) is 3.34. The molecule has 1 heterocycles. The van der Waals surface area contributed by atoms with Gasteiger partial charge in [-0.05, 0) is 31.8 Å². The minimum Gasteiger partial charge on any atom is -0.363 e. The van der Waals surface area contributed by atoms with Crippen LogP contribution in [0.3, 0.4) is 0 Å². The first kappa shape index (κ1) is 13.8. The smallest absolute Gasteiger partial charge is 0.246 e. The van der Waals surface area contributed by atoms with Gasteiger partial charge in [0.05, 0.1) is 5.60 Å². The molecule has 0 aromatic heterocycles. The molecule has 0 atom stereocenters. The van der Waals surface area contributed by atoms with Crippen molar-refractivity contribution in [1.29, 1.82) is 0 Å². The van der Waals surface area contributed by atoms with Gasteiger partial charge in [-0.15, -0.1) is 0 Å². The molecule has 1 rings (SSSR count). The first-order chi connectivity index (χ1) is 7.66. The molecule has 1 aliphatic rings. The molecule has 0 bridgehead atoms. The van der Waals surface area contributed by atoms with Gasteiger partial charge in [0.1, 0.15) is 6.61 Å². The average Bonchev–Trinajstić information content (AvgIpc) is 2.23. The van der Waals surface area contributed by atoms with Crippen LogP contribution in [0, 0.1) is 0 Å². The minimum absolute atomic E-state index is 0.00252. The lowest BCUT2D eigenvalue weighted by molar-refractivity contribution is -0.135. The first-order valence-electron chi connectivity index (χ1n) is 5.77. The predicted molar refractivity (Wildman–Crippen MR) is 67.9 cm³/mol. The van der Waals surface area contributed by atoms with E-state index in [1.54, 1.807) is 0 Å². The number of carbonyl (C=O) groups is 1. The molecule has 0 aliphatic carbocycles. The van der Waals surface area contributed by atoms with Crippen LogP contribution in [0.2, 0.25) is 0 Å². The van der Waals surface area contributed by atoms with Gasteiger partial charge in [-0.25, -0.2) is 0 Å². The molecule has 2 N–H and O–H groups in total. The highest BCUT2D eigenvalue weighted by atomic mass is 32.2. The van der Waals surface area contributed by atoms with E-state index in [0.717, 1.165) is 38.2 Å². The molecular formula is C11H22N2O2S. The molecular weight excluding hydrogens is 224 g/mol. The Hall–Kier alpha value is -0.260. The van der Waals surface area contributed by atoms with Crippen LogP contribution >= 0.6 is 11.8 Å². The summed E-state index contributed by atoms with van der Waals surface area (Å²) in [5, 5.41) is 6.00. The number of ether oxygens (including phenoxy) is 1. The van der Waals surface area contributed by atoms with Crippen molar-refractivity contribution in [2.75, 3.05) is 38.2 Å². The first-order valence-corrected chi connectivity index (χ1v) is 7.16. The Balaban J connectivity index is 1.94. The monoisotopic (exact) mass is 246 g/mol. The molecule has 94 valence electrons. The van der Waals surface area contributed by atoms with Crippen LogP contribution in [-0.2, 0) is 9.53 Å². The number of nitrogens with one attached hydrogen (secondary N) is 2. The normalized spacial score (nSPS) is 17.9. The number of hydrogen-bond acceptors (Lipinski definition) is 4. The summed E-state index contributed by atoms with van der Waals surface area (Å²) in [5.41, 5.74) is -0.129. The topological polar surface area (TPSA) is 50.4 Å². The summed E-state index contributed by atoms with van der Waals surface area (Å²) < 4.78 is 5.53. The SMILES string of the molecule is CSCCCCNC(=O)COC1(C)CNC1. The Morgan fingerprint density at radius 2 is 2.25 bits per heavy atom. The van der Waals surface area contributed by atoms with Crippen molar-refractivity contribution < 1.29 is 9.53 Å². The molecule has 1 fully saturated rings. The van der Waals surface area contributed by atoms with Crippen molar-refractivity contribution in [1.82, 2.24) is 10.6 Å². The zero-order valence-corrected chi connectivity index (χ0v) is 11.0. The third-order valence-electron chi connectivity index (χ3n) is 2.65. The van der Waals surface area contributed by atoms with Gasteiger partial charge >= 0.3 is 0 Å². The maximum absolute atomic E-state index is 11.4. The largest absolute Gasteiger partial charge is 0.363 e. The molecule has 0 saturated carbocycles. The lowest BCUT2D eigenvalue weighted by Gasteiger charge is -2.38. The van der Waals surface area contributed by atoms with Crippen molar-refractivity contribution in [3.63, 3.8) is 0 Å². The number of hydrogen-bond donors (Lipinski definition) is 2. The summed E-state index contributed by atoms with van der Waals surface area (Å²) in [6, 6.07) is 0. The lowest BCUT2D eigenvalue weighted by atomic mass is 10.0. The molecule has 1 amide bonds. The van der Waals surface area contributed by atoms with Crippen LogP contribution in [0.25, 0.3) is 0 Å². The summed E-state index contributed by atoms with van der Waals surface area (Å²) in [6.07, 6.45) is 4.30. The van der Waals surface area contributed by atoms with Crippen LogP contribution < -0.4 is 10.6 Å². The van der Waals surface area contributed by atoms with Crippen molar-refractivity contribution in [3.05, 3.63) is 0 Å². The van der Waals surface area contributed by atoms with E-state index in [1.165, 1.54) is 0 Å². The number of unbranched alkanes of at least 4 members (excludes halogenated alkanes) is 1. The summed E-state index contributed by atoms with van der Waals surface area (Å²) in [4.78, 5) is 11.4. The second kappa shape index (κ2) is 7.14. The van der Waals surface area contributed by atoms with E-state index in [-0.39, 0.29) is 18.1 Å². The Morgan fingerprint density at radius 1 is 1.50 bits per heavy atom. The fourth-order valence-corrected chi connectivity index (χ4v) is 1.96. The van der Waals surface area contributed by atoms with E-state index in [9.17, 15) is 4.79 Å². The third kappa shape index (κ3) is 5.18. The quantitative estimate of drug-likeness (QED) is 0.617. The molecule has 4 nitrogen and oxygen atoms in total. The highest BCUT2D eigenvalue weighted by Gasteiger charge is 2.32. The van der Waals surface area contributed by atoms with Gasteiger partial charge in [-0.1, -0.05) is 0 Å². The molecule has 0 aromatic rings. The van der Waals surface area contributed by atoms with Crippen LogP contribution in [0.5, 0.6) is 0 Å². The van der Waals surface area contributed by atoms with Crippen LogP contribution in [-0.4, -0.2) is 49.8 Å². The van der Waals surface area contributed by atoms with Crippen molar-refractivity contribution >= 4 is 17.7 Å². The summed E-state index contributed by atoms with van der Waals surface area (Å²) in [5.74, 6) is 1.16. The lowest BCUT2D eigenvalue weighted by Crippen LogP contribution is -2.59. The molecule has 1 aliphatic heterocycles. The Labute approximate surface area is 102 Å². The van der Waals surface area contributed by atoms with E-state index in [2.05, 4.69) is 16.9 Å². The highest BCUT2D eigenvalue weighted by molar-refractivity contribution is 7.98. The van der Waals surface area contributed by atoms with Gasteiger partial charge in [-0.2, -0.15) is 11.8 Å². The fourth-order valence-electron chi connectivity index (χ4n) is 1.47. The van der Waals surface area contributed by atoms with Gasteiger partial charge < -0.3 is 15.4 Å². The summed E-state index contributed by atoms with van der Waals surface area (Å²) in [7, 11) is 0. The predicted octanol–water partition coefficient (Wildman–Crippen LogP) is 0.624. The molecule has 1 saturated heterocycles. The molecule has 5 heteroatoms. The van der Waals surface area contributed by atoms with Crippen LogP contribution in [0.1, 0.15) is 19.8 Å². The molecule has 0 aromatic carbocycles. The number of amides is 1. The van der Waals surface area contributed by atoms with E-state index in [4.69, 9.17) is 4.74 Å². The van der Waals surface area contributed by atoms with Crippen LogP contribution in [0.15, 0.2) is 0 Å². The Morgan fingerprint density at radius 3 is 2.81 bits per heavy atom.